The summed E-state index contributed by atoms with van der Waals surface area (Å²) >= 11 is 0. The molecule has 1 atom stereocenters. The summed E-state index contributed by atoms with van der Waals surface area (Å²) in [5.74, 6) is 0.594. The van der Waals surface area contributed by atoms with Crippen LogP contribution in [0.25, 0.3) is 0 Å². The van der Waals surface area contributed by atoms with Gasteiger partial charge in [0.2, 0.25) is 0 Å². The summed E-state index contributed by atoms with van der Waals surface area (Å²) in [6.45, 7) is 1.57. The highest BCUT2D eigenvalue weighted by Crippen LogP contribution is 2.39. The van der Waals surface area contributed by atoms with Gasteiger partial charge in [0.25, 0.3) is 0 Å². The fraction of sp³-hybridized carbons (Fsp3) is 0.389. The van der Waals surface area contributed by atoms with Crippen LogP contribution in [-0.4, -0.2) is 39.7 Å². The van der Waals surface area contributed by atoms with Gasteiger partial charge in [-0.2, -0.15) is 0 Å². The Morgan fingerprint density at radius 2 is 2.12 bits per heavy atom. The third kappa shape index (κ3) is 2.68. The molecule has 0 aliphatic carbocycles. The van der Waals surface area contributed by atoms with E-state index in [0.29, 0.717) is 5.82 Å². The van der Waals surface area contributed by atoms with Gasteiger partial charge < -0.3 is 14.7 Å². The van der Waals surface area contributed by atoms with E-state index in [1.165, 1.54) is 18.0 Å². The zero-order valence-corrected chi connectivity index (χ0v) is 13.3. The minimum atomic E-state index is -1.03. The number of aryl methyl sites for hydroxylation is 1. The average molecular weight is 325 g/mol. The maximum Gasteiger partial charge on any atom is 0.354 e. The number of hydrogen-bond acceptors (Lipinski definition) is 5. The van der Waals surface area contributed by atoms with Gasteiger partial charge in [0.1, 0.15) is 23.5 Å². The van der Waals surface area contributed by atoms with Crippen molar-refractivity contribution in [2.24, 2.45) is 0 Å². The van der Waals surface area contributed by atoms with Crippen molar-refractivity contribution < 1.29 is 14.6 Å². The summed E-state index contributed by atoms with van der Waals surface area (Å²) in [7, 11) is 0. The number of fused-ring (bicyclic) bond motifs is 1. The first kappa shape index (κ1) is 14.9. The number of anilines is 1. The first-order chi connectivity index (χ1) is 11.7. The molecule has 0 amide bonds. The van der Waals surface area contributed by atoms with E-state index in [-0.39, 0.29) is 11.3 Å². The van der Waals surface area contributed by atoms with Crippen LogP contribution in [0, 0.1) is 0 Å². The highest BCUT2D eigenvalue weighted by molar-refractivity contribution is 5.86. The Labute approximate surface area is 140 Å². The summed E-state index contributed by atoms with van der Waals surface area (Å²) < 4.78 is 6.39. The van der Waals surface area contributed by atoms with Crippen LogP contribution in [0.3, 0.4) is 0 Å². The molecule has 1 aromatic carbocycles. The monoisotopic (exact) mass is 325 g/mol. The molecule has 0 saturated carbocycles. The second-order valence-electron chi connectivity index (χ2n) is 6.48. The predicted molar refractivity (Wildman–Crippen MR) is 88.6 cm³/mol. The zero-order chi connectivity index (χ0) is 16.6. The maximum atomic E-state index is 11.1. The Morgan fingerprint density at radius 3 is 3.00 bits per heavy atom. The van der Waals surface area contributed by atoms with Gasteiger partial charge >= 0.3 is 5.97 Å². The van der Waals surface area contributed by atoms with Crippen LogP contribution in [0.1, 0.15) is 35.3 Å². The SMILES string of the molecule is O=C(O)c1cc(N2CCCC3(CCc4ccccc4O3)C2)ncn1. The molecule has 0 bridgehead atoms. The van der Waals surface area contributed by atoms with Crippen molar-refractivity contribution in [2.75, 3.05) is 18.0 Å². The quantitative estimate of drug-likeness (QED) is 0.914. The summed E-state index contributed by atoms with van der Waals surface area (Å²) in [4.78, 5) is 21.3. The molecule has 2 aliphatic rings. The number of aromatic carboxylic acids is 1. The molecule has 1 spiro atoms. The van der Waals surface area contributed by atoms with Crippen LogP contribution in [0.15, 0.2) is 36.7 Å². The molecule has 1 saturated heterocycles. The molecule has 124 valence electrons. The second kappa shape index (κ2) is 5.78. The fourth-order valence-electron chi connectivity index (χ4n) is 3.67. The predicted octanol–water partition coefficient (Wildman–Crippen LogP) is 2.54. The number of carbonyl (C=O) groups is 1. The number of hydrogen-bond donors (Lipinski definition) is 1. The van der Waals surface area contributed by atoms with Crippen molar-refractivity contribution in [3.8, 4) is 5.75 Å². The topological polar surface area (TPSA) is 75.5 Å². The summed E-state index contributed by atoms with van der Waals surface area (Å²) in [6.07, 6.45) is 5.30. The normalized spacial score (nSPS) is 22.8. The highest BCUT2D eigenvalue weighted by Gasteiger charge is 2.40. The van der Waals surface area contributed by atoms with Crippen LogP contribution in [0.4, 0.5) is 5.82 Å². The van der Waals surface area contributed by atoms with Gasteiger partial charge in [-0.05, 0) is 37.3 Å². The Hall–Kier alpha value is -2.63. The minimum absolute atomic E-state index is 0.0227. The lowest BCUT2D eigenvalue weighted by Gasteiger charge is -2.45. The second-order valence-corrected chi connectivity index (χ2v) is 6.48. The number of carboxylic acid groups (broad SMARTS) is 1. The molecular formula is C18H19N3O3. The molecule has 4 rings (SSSR count). The number of piperidine rings is 1. The Kier molecular flexibility index (Phi) is 3.59. The number of benzene rings is 1. The third-order valence-electron chi connectivity index (χ3n) is 4.88. The number of para-hydroxylation sites is 1. The van der Waals surface area contributed by atoms with Crippen LogP contribution >= 0.6 is 0 Å². The molecule has 2 aliphatic heterocycles. The van der Waals surface area contributed by atoms with E-state index in [2.05, 4.69) is 20.9 Å². The lowest BCUT2D eigenvalue weighted by atomic mass is 9.84. The lowest BCUT2D eigenvalue weighted by molar-refractivity contribution is 0.0318. The van der Waals surface area contributed by atoms with Crippen molar-refractivity contribution in [3.05, 3.63) is 47.9 Å². The molecular weight excluding hydrogens is 306 g/mol. The van der Waals surface area contributed by atoms with E-state index in [0.717, 1.165) is 44.5 Å². The number of ether oxygens (including phenoxy) is 1. The molecule has 0 radical (unpaired) electrons. The largest absolute Gasteiger partial charge is 0.485 e. The third-order valence-corrected chi connectivity index (χ3v) is 4.88. The van der Waals surface area contributed by atoms with E-state index < -0.39 is 5.97 Å². The van der Waals surface area contributed by atoms with Gasteiger partial charge in [0, 0.05) is 12.6 Å². The summed E-state index contributed by atoms with van der Waals surface area (Å²) in [5, 5.41) is 9.13. The number of rotatable bonds is 2. The van der Waals surface area contributed by atoms with Crippen molar-refractivity contribution in [2.45, 2.75) is 31.3 Å². The molecule has 1 fully saturated rings. The van der Waals surface area contributed by atoms with Gasteiger partial charge in [-0.25, -0.2) is 14.8 Å². The minimum Gasteiger partial charge on any atom is -0.485 e. The summed E-state index contributed by atoms with van der Waals surface area (Å²) in [5.41, 5.74) is 1.06. The van der Waals surface area contributed by atoms with Crippen molar-refractivity contribution in [3.63, 3.8) is 0 Å². The van der Waals surface area contributed by atoms with E-state index in [1.807, 2.05) is 18.2 Å². The lowest BCUT2D eigenvalue weighted by Crippen LogP contribution is -2.53. The first-order valence-electron chi connectivity index (χ1n) is 8.22. The first-order valence-corrected chi connectivity index (χ1v) is 8.22. The van der Waals surface area contributed by atoms with Crippen LogP contribution < -0.4 is 9.64 Å². The van der Waals surface area contributed by atoms with Crippen molar-refractivity contribution >= 4 is 11.8 Å². The molecule has 1 N–H and O–H groups in total. The maximum absolute atomic E-state index is 11.1. The van der Waals surface area contributed by atoms with E-state index >= 15 is 0 Å². The molecule has 24 heavy (non-hydrogen) atoms. The van der Waals surface area contributed by atoms with E-state index in [9.17, 15) is 4.79 Å². The molecule has 6 heteroatoms. The Morgan fingerprint density at radius 1 is 1.25 bits per heavy atom. The Balaban J connectivity index is 1.58. The van der Waals surface area contributed by atoms with Crippen LogP contribution in [0.5, 0.6) is 5.75 Å². The smallest absolute Gasteiger partial charge is 0.354 e. The van der Waals surface area contributed by atoms with Gasteiger partial charge in [-0.3, -0.25) is 0 Å². The van der Waals surface area contributed by atoms with E-state index in [1.54, 1.807) is 0 Å². The zero-order valence-electron chi connectivity index (χ0n) is 13.3. The number of carboxylic acids is 1. The molecule has 1 unspecified atom stereocenters. The van der Waals surface area contributed by atoms with Gasteiger partial charge in [0.15, 0.2) is 5.69 Å². The average Bonchev–Trinajstić information content (AvgIpc) is 2.62. The van der Waals surface area contributed by atoms with Crippen molar-refractivity contribution in [1.82, 2.24) is 9.97 Å². The van der Waals surface area contributed by atoms with Gasteiger partial charge in [-0.1, -0.05) is 18.2 Å². The molecule has 2 aromatic rings. The standard InChI is InChI=1S/C18H19N3O3/c22-17(23)14-10-16(20-12-19-14)21-9-3-7-18(11-21)8-6-13-4-1-2-5-15(13)24-18/h1-2,4-5,10,12H,3,6-9,11H2,(H,22,23). The summed E-state index contributed by atoms with van der Waals surface area (Å²) in [6, 6.07) is 9.73. The van der Waals surface area contributed by atoms with Gasteiger partial charge in [-0.15, -0.1) is 0 Å². The van der Waals surface area contributed by atoms with E-state index in [4.69, 9.17) is 9.84 Å². The molecule has 6 nitrogen and oxygen atoms in total. The molecule has 1 aromatic heterocycles. The van der Waals surface area contributed by atoms with Crippen LogP contribution in [-0.2, 0) is 6.42 Å². The fourth-order valence-corrected chi connectivity index (χ4v) is 3.67. The number of nitrogens with zero attached hydrogens (tertiary/aromatic N) is 3. The van der Waals surface area contributed by atoms with Crippen LogP contribution in [0.2, 0.25) is 0 Å². The number of aromatic nitrogens is 2. The Bertz CT molecular complexity index is 780. The highest BCUT2D eigenvalue weighted by atomic mass is 16.5. The van der Waals surface area contributed by atoms with Gasteiger partial charge in [0.05, 0.1) is 6.54 Å². The van der Waals surface area contributed by atoms with Crippen molar-refractivity contribution in [1.29, 1.82) is 0 Å². The molecule has 3 heterocycles.